The van der Waals surface area contributed by atoms with Gasteiger partial charge in [0.1, 0.15) is 6.04 Å². The van der Waals surface area contributed by atoms with Crippen LogP contribution in [0.15, 0.2) is 30.5 Å². The van der Waals surface area contributed by atoms with Crippen LogP contribution in [0.5, 0.6) is 0 Å². The normalized spacial score (nSPS) is 22.4. The largest absolute Gasteiger partial charge is 0.468 e. The first-order chi connectivity index (χ1) is 11.1. The maximum absolute atomic E-state index is 12.0. The summed E-state index contributed by atoms with van der Waals surface area (Å²) in [5.41, 5.74) is 2.40. The average molecular weight is 316 g/mol. The highest BCUT2D eigenvalue weighted by Crippen LogP contribution is 2.23. The van der Waals surface area contributed by atoms with E-state index in [1.165, 1.54) is 23.6 Å². The van der Waals surface area contributed by atoms with Crippen molar-refractivity contribution < 1.29 is 14.6 Å². The summed E-state index contributed by atoms with van der Waals surface area (Å²) in [6.07, 6.45) is 2.82. The molecule has 0 aliphatic carbocycles. The molecule has 0 radical (unpaired) electrons. The molecule has 0 bridgehead atoms. The third kappa shape index (κ3) is 3.26. The Labute approximate surface area is 136 Å². The van der Waals surface area contributed by atoms with E-state index in [-0.39, 0.29) is 12.0 Å². The predicted octanol–water partition coefficient (Wildman–Crippen LogP) is 2.16. The molecular weight excluding hydrogens is 292 g/mol. The van der Waals surface area contributed by atoms with E-state index in [9.17, 15) is 9.90 Å². The average Bonchev–Trinajstić information content (AvgIpc) is 2.98. The summed E-state index contributed by atoms with van der Waals surface area (Å²) >= 11 is 0. The van der Waals surface area contributed by atoms with Crippen molar-refractivity contribution in [3.8, 4) is 0 Å². The van der Waals surface area contributed by atoms with Crippen molar-refractivity contribution in [2.24, 2.45) is 0 Å². The van der Waals surface area contributed by atoms with Gasteiger partial charge in [-0.25, -0.2) is 0 Å². The summed E-state index contributed by atoms with van der Waals surface area (Å²) in [6, 6.07) is 8.19. The van der Waals surface area contributed by atoms with E-state index in [0.29, 0.717) is 25.9 Å². The van der Waals surface area contributed by atoms with Gasteiger partial charge in [0.25, 0.3) is 0 Å². The van der Waals surface area contributed by atoms with Crippen LogP contribution in [0.2, 0.25) is 0 Å². The Morgan fingerprint density at radius 3 is 2.96 bits per heavy atom. The Balaban J connectivity index is 1.83. The summed E-state index contributed by atoms with van der Waals surface area (Å²) in [6.45, 7) is 4.46. The van der Waals surface area contributed by atoms with Gasteiger partial charge in [0.05, 0.1) is 13.2 Å². The van der Waals surface area contributed by atoms with Crippen LogP contribution in [-0.4, -0.2) is 46.3 Å². The van der Waals surface area contributed by atoms with E-state index < -0.39 is 6.10 Å². The number of benzene rings is 1. The first kappa shape index (κ1) is 16.0. The van der Waals surface area contributed by atoms with Crippen LogP contribution in [0.4, 0.5) is 0 Å². The zero-order valence-electron chi connectivity index (χ0n) is 13.7. The predicted molar refractivity (Wildman–Crippen MR) is 89.1 cm³/mol. The SMILES string of the molecule is CCn1ccc2ccc(CN3CC[C@@H](O)C[C@H]3C(=O)OC)cc21. The number of aromatic nitrogens is 1. The molecular formula is C18H24N2O3. The molecule has 0 spiro atoms. The van der Waals surface area contributed by atoms with Crippen LogP contribution in [0.3, 0.4) is 0 Å². The molecule has 3 rings (SSSR count). The van der Waals surface area contributed by atoms with E-state index in [2.05, 4.69) is 46.9 Å². The van der Waals surface area contributed by atoms with Crippen molar-refractivity contribution in [2.45, 2.75) is 45.0 Å². The number of carbonyl (C=O) groups excluding carboxylic acids is 1. The summed E-state index contributed by atoms with van der Waals surface area (Å²) < 4.78 is 7.12. The number of ether oxygens (including phenoxy) is 1. The minimum atomic E-state index is -0.421. The number of esters is 1. The highest BCUT2D eigenvalue weighted by Gasteiger charge is 2.33. The highest BCUT2D eigenvalue weighted by atomic mass is 16.5. The number of hydrogen-bond donors (Lipinski definition) is 1. The third-order valence-corrected chi connectivity index (χ3v) is 4.72. The van der Waals surface area contributed by atoms with Gasteiger partial charge in [-0.2, -0.15) is 0 Å². The number of carbonyl (C=O) groups is 1. The Morgan fingerprint density at radius 1 is 1.39 bits per heavy atom. The van der Waals surface area contributed by atoms with Crippen molar-refractivity contribution in [1.82, 2.24) is 9.47 Å². The van der Waals surface area contributed by atoms with Crippen molar-refractivity contribution >= 4 is 16.9 Å². The number of likely N-dealkylation sites (tertiary alicyclic amines) is 1. The number of rotatable bonds is 4. The lowest BCUT2D eigenvalue weighted by Crippen LogP contribution is -2.48. The van der Waals surface area contributed by atoms with Gasteiger partial charge in [-0.05, 0) is 42.8 Å². The van der Waals surface area contributed by atoms with Crippen LogP contribution < -0.4 is 0 Å². The van der Waals surface area contributed by atoms with Crippen LogP contribution in [0, 0.1) is 0 Å². The van der Waals surface area contributed by atoms with E-state index in [1.54, 1.807) is 0 Å². The van der Waals surface area contributed by atoms with E-state index in [1.807, 2.05) is 0 Å². The molecule has 1 aromatic heterocycles. The molecule has 1 saturated heterocycles. The quantitative estimate of drug-likeness (QED) is 0.878. The number of aryl methyl sites for hydroxylation is 1. The molecule has 1 aliphatic heterocycles. The first-order valence-corrected chi connectivity index (χ1v) is 8.20. The van der Waals surface area contributed by atoms with Gasteiger partial charge in [0.15, 0.2) is 0 Å². The smallest absolute Gasteiger partial charge is 0.323 e. The fourth-order valence-electron chi connectivity index (χ4n) is 3.40. The number of aliphatic hydroxyl groups is 1. The van der Waals surface area contributed by atoms with Crippen LogP contribution in [0.1, 0.15) is 25.3 Å². The topological polar surface area (TPSA) is 54.7 Å². The zero-order chi connectivity index (χ0) is 16.4. The minimum Gasteiger partial charge on any atom is -0.468 e. The monoisotopic (exact) mass is 316 g/mol. The second kappa shape index (κ2) is 6.72. The van der Waals surface area contributed by atoms with Gasteiger partial charge < -0.3 is 14.4 Å². The fraction of sp³-hybridized carbons (Fsp3) is 0.500. The molecule has 0 amide bonds. The molecule has 5 heteroatoms. The maximum atomic E-state index is 12.0. The molecule has 2 heterocycles. The lowest BCUT2D eigenvalue weighted by molar-refractivity contribution is -0.150. The summed E-state index contributed by atoms with van der Waals surface area (Å²) in [5.74, 6) is -0.262. The van der Waals surface area contributed by atoms with Crippen molar-refractivity contribution in [3.63, 3.8) is 0 Å². The lowest BCUT2D eigenvalue weighted by Gasteiger charge is -2.36. The number of piperidine rings is 1. The summed E-state index contributed by atoms with van der Waals surface area (Å²) in [5, 5.41) is 11.1. The molecule has 23 heavy (non-hydrogen) atoms. The molecule has 5 nitrogen and oxygen atoms in total. The second-order valence-corrected chi connectivity index (χ2v) is 6.18. The number of aliphatic hydroxyl groups excluding tert-OH is 1. The van der Waals surface area contributed by atoms with E-state index in [0.717, 1.165) is 6.54 Å². The van der Waals surface area contributed by atoms with Crippen molar-refractivity contribution in [2.75, 3.05) is 13.7 Å². The van der Waals surface area contributed by atoms with Crippen LogP contribution in [-0.2, 0) is 22.6 Å². The van der Waals surface area contributed by atoms with Gasteiger partial charge in [0, 0.05) is 31.3 Å². The van der Waals surface area contributed by atoms with Crippen LogP contribution in [0.25, 0.3) is 10.9 Å². The van der Waals surface area contributed by atoms with Gasteiger partial charge in [-0.15, -0.1) is 0 Å². The molecule has 0 unspecified atom stereocenters. The number of hydrogen-bond acceptors (Lipinski definition) is 4. The van der Waals surface area contributed by atoms with Gasteiger partial charge in [-0.1, -0.05) is 12.1 Å². The van der Waals surface area contributed by atoms with Crippen molar-refractivity contribution in [3.05, 3.63) is 36.0 Å². The molecule has 1 aliphatic rings. The molecule has 124 valence electrons. The standard InChI is InChI=1S/C18H24N2O3/c1-3-19-8-6-14-5-4-13(10-16(14)19)12-20-9-7-15(21)11-17(20)18(22)23-2/h4-6,8,10,15,17,21H,3,7,9,11-12H2,1-2H3/t15-,17+/m1/s1. The molecule has 1 aromatic carbocycles. The molecule has 1 N–H and O–H groups in total. The lowest BCUT2D eigenvalue weighted by atomic mass is 9.98. The third-order valence-electron chi connectivity index (χ3n) is 4.72. The number of nitrogens with zero attached hydrogens (tertiary/aromatic N) is 2. The fourth-order valence-corrected chi connectivity index (χ4v) is 3.40. The zero-order valence-corrected chi connectivity index (χ0v) is 13.7. The highest BCUT2D eigenvalue weighted by molar-refractivity contribution is 5.81. The Morgan fingerprint density at radius 2 is 2.22 bits per heavy atom. The minimum absolute atomic E-state index is 0.262. The Kier molecular flexibility index (Phi) is 4.68. The summed E-state index contributed by atoms with van der Waals surface area (Å²) in [7, 11) is 1.40. The first-order valence-electron chi connectivity index (χ1n) is 8.20. The Hall–Kier alpha value is -1.85. The van der Waals surface area contributed by atoms with E-state index in [4.69, 9.17) is 4.74 Å². The Bertz CT molecular complexity index is 695. The van der Waals surface area contributed by atoms with E-state index >= 15 is 0 Å². The van der Waals surface area contributed by atoms with Gasteiger partial charge >= 0.3 is 5.97 Å². The van der Waals surface area contributed by atoms with Gasteiger partial charge in [-0.3, -0.25) is 9.69 Å². The molecule has 1 fully saturated rings. The van der Waals surface area contributed by atoms with Crippen molar-refractivity contribution in [1.29, 1.82) is 0 Å². The maximum Gasteiger partial charge on any atom is 0.323 e. The van der Waals surface area contributed by atoms with Gasteiger partial charge in [0.2, 0.25) is 0 Å². The van der Waals surface area contributed by atoms with Crippen LogP contribution >= 0.6 is 0 Å². The summed E-state index contributed by atoms with van der Waals surface area (Å²) in [4.78, 5) is 14.1. The second-order valence-electron chi connectivity index (χ2n) is 6.18. The molecule has 0 saturated carbocycles. The number of fused-ring (bicyclic) bond motifs is 1. The molecule has 2 aromatic rings. The molecule has 2 atom stereocenters. The number of methoxy groups -OCH3 is 1.